The number of thiophene rings is 1. The Morgan fingerprint density at radius 3 is 3.00 bits per heavy atom. The van der Waals surface area contributed by atoms with Crippen molar-refractivity contribution in [3.63, 3.8) is 0 Å². The van der Waals surface area contributed by atoms with E-state index in [4.69, 9.17) is 0 Å². The van der Waals surface area contributed by atoms with Crippen molar-refractivity contribution in [1.29, 1.82) is 0 Å². The minimum absolute atomic E-state index is 0.367. The summed E-state index contributed by atoms with van der Waals surface area (Å²) in [6.45, 7) is 5.16. The number of nitrogens with one attached hydrogen (secondary N) is 1. The lowest BCUT2D eigenvalue weighted by atomic mass is 10.1. The minimum atomic E-state index is 0.367. The van der Waals surface area contributed by atoms with Gasteiger partial charge in [0.2, 0.25) is 0 Å². The zero-order valence-corrected chi connectivity index (χ0v) is 12.3. The van der Waals surface area contributed by atoms with Gasteiger partial charge in [0.05, 0.1) is 0 Å². The first kappa shape index (κ1) is 12.7. The lowest BCUT2D eigenvalue weighted by Gasteiger charge is -2.13. The summed E-state index contributed by atoms with van der Waals surface area (Å²) in [5.41, 5.74) is 2.54. The summed E-state index contributed by atoms with van der Waals surface area (Å²) in [6.07, 6.45) is 3.76. The van der Waals surface area contributed by atoms with Gasteiger partial charge >= 0.3 is 0 Å². The SMILES string of the molecule is Cc1ccncc1CNC(C)c1cc(Br)cs1. The smallest absolute Gasteiger partial charge is 0.0389 e. The Labute approximate surface area is 114 Å². The van der Waals surface area contributed by atoms with Crippen LogP contribution in [0.5, 0.6) is 0 Å². The summed E-state index contributed by atoms with van der Waals surface area (Å²) in [5.74, 6) is 0. The van der Waals surface area contributed by atoms with Crippen molar-refractivity contribution in [2.24, 2.45) is 0 Å². The normalized spacial score (nSPS) is 12.6. The van der Waals surface area contributed by atoms with E-state index < -0.39 is 0 Å². The molecule has 0 bridgehead atoms. The maximum atomic E-state index is 4.16. The molecule has 4 heteroatoms. The number of halogens is 1. The fraction of sp³-hybridized carbons (Fsp3) is 0.308. The highest BCUT2D eigenvalue weighted by molar-refractivity contribution is 9.10. The fourth-order valence-electron chi connectivity index (χ4n) is 1.60. The highest BCUT2D eigenvalue weighted by atomic mass is 79.9. The molecule has 17 heavy (non-hydrogen) atoms. The lowest BCUT2D eigenvalue weighted by Crippen LogP contribution is -2.17. The van der Waals surface area contributed by atoms with Crippen LogP contribution in [0.4, 0.5) is 0 Å². The zero-order valence-electron chi connectivity index (χ0n) is 9.90. The van der Waals surface area contributed by atoms with Gasteiger partial charge in [0.1, 0.15) is 0 Å². The molecule has 0 amide bonds. The molecule has 0 radical (unpaired) electrons. The molecule has 1 unspecified atom stereocenters. The summed E-state index contributed by atoms with van der Waals surface area (Å²) < 4.78 is 1.16. The molecule has 90 valence electrons. The second kappa shape index (κ2) is 5.76. The van der Waals surface area contributed by atoms with Crippen LogP contribution in [-0.4, -0.2) is 4.98 Å². The van der Waals surface area contributed by atoms with Crippen molar-refractivity contribution in [2.45, 2.75) is 26.4 Å². The maximum absolute atomic E-state index is 4.16. The maximum Gasteiger partial charge on any atom is 0.0389 e. The third-order valence-electron chi connectivity index (χ3n) is 2.76. The number of nitrogens with zero attached hydrogens (tertiary/aromatic N) is 1. The van der Waals surface area contributed by atoms with Crippen LogP contribution in [0.2, 0.25) is 0 Å². The van der Waals surface area contributed by atoms with Gasteiger partial charge in [-0.05, 0) is 53.0 Å². The van der Waals surface area contributed by atoms with Crippen LogP contribution >= 0.6 is 27.3 Å². The minimum Gasteiger partial charge on any atom is -0.305 e. The topological polar surface area (TPSA) is 24.9 Å². The molecule has 2 aromatic heterocycles. The second-order valence-corrected chi connectivity index (χ2v) is 5.93. The molecule has 2 aromatic rings. The molecule has 0 spiro atoms. The summed E-state index contributed by atoms with van der Waals surface area (Å²) in [4.78, 5) is 5.50. The van der Waals surface area contributed by atoms with Gasteiger partial charge in [0, 0.05) is 39.7 Å². The van der Waals surface area contributed by atoms with E-state index in [-0.39, 0.29) is 0 Å². The van der Waals surface area contributed by atoms with Gasteiger partial charge < -0.3 is 5.32 Å². The first-order valence-corrected chi connectivity index (χ1v) is 7.21. The highest BCUT2D eigenvalue weighted by Crippen LogP contribution is 2.25. The summed E-state index contributed by atoms with van der Waals surface area (Å²) in [5, 5.41) is 5.63. The molecule has 0 aliphatic heterocycles. The van der Waals surface area contributed by atoms with Gasteiger partial charge in [-0.25, -0.2) is 0 Å². The molecular formula is C13H15BrN2S. The number of aromatic nitrogens is 1. The number of aryl methyl sites for hydroxylation is 1. The Morgan fingerprint density at radius 2 is 2.35 bits per heavy atom. The molecule has 1 N–H and O–H groups in total. The van der Waals surface area contributed by atoms with Crippen molar-refractivity contribution >= 4 is 27.3 Å². The van der Waals surface area contributed by atoms with Gasteiger partial charge in [-0.1, -0.05) is 0 Å². The van der Waals surface area contributed by atoms with E-state index in [1.807, 2.05) is 18.5 Å². The summed E-state index contributed by atoms with van der Waals surface area (Å²) >= 11 is 5.25. The van der Waals surface area contributed by atoms with Gasteiger partial charge in [-0.2, -0.15) is 0 Å². The number of pyridine rings is 1. The average molecular weight is 311 g/mol. The van der Waals surface area contributed by atoms with E-state index in [1.54, 1.807) is 11.3 Å². The summed E-state index contributed by atoms with van der Waals surface area (Å²) in [6, 6.07) is 4.58. The molecule has 0 aromatic carbocycles. The zero-order chi connectivity index (χ0) is 12.3. The number of rotatable bonds is 4. The van der Waals surface area contributed by atoms with Crippen molar-refractivity contribution in [1.82, 2.24) is 10.3 Å². The molecule has 2 nitrogen and oxygen atoms in total. The van der Waals surface area contributed by atoms with Crippen molar-refractivity contribution in [3.05, 3.63) is 50.4 Å². The molecule has 2 heterocycles. The fourth-order valence-corrected chi connectivity index (χ4v) is 3.08. The Morgan fingerprint density at radius 1 is 1.53 bits per heavy atom. The first-order valence-electron chi connectivity index (χ1n) is 5.53. The highest BCUT2D eigenvalue weighted by Gasteiger charge is 2.08. The van der Waals surface area contributed by atoms with Gasteiger partial charge in [-0.3, -0.25) is 4.98 Å². The number of hydrogen-bond acceptors (Lipinski definition) is 3. The monoisotopic (exact) mass is 310 g/mol. The van der Waals surface area contributed by atoms with Crippen molar-refractivity contribution in [2.75, 3.05) is 0 Å². The van der Waals surface area contributed by atoms with Crippen LogP contribution in [0.25, 0.3) is 0 Å². The Hall–Kier alpha value is -0.710. The number of hydrogen-bond donors (Lipinski definition) is 1. The van der Waals surface area contributed by atoms with Crippen molar-refractivity contribution < 1.29 is 0 Å². The van der Waals surface area contributed by atoms with E-state index in [2.05, 4.69) is 51.5 Å². The third-order valence-corrected chi connectivity index (χ3v) is 4.64. The molecule has 0 aliphatic carbocycles. The Bertz CT molecular complexity index is 496. The van der Waals surface area contributed by atoms with Gasteiger partial charge in [0.25, 0.3) is 0 Å². The predicted octanol–water partition coefficient (Wildman–Crippen LogP) is 4.06. The van der Waals surface area contributed by atoms with E-state index in [0.29, 0.717) is 6.04 Å². The van der Waals surface area contributed by atoms with Crippen molar-refractivity contribution in [3.8, 4) is 0 Å². The van der Waals surface area contributed by atoms with Gasteiger partial charge in [0.15, 0.2) is 0 Å². The van der Waals surface area contributed by atoms with E-state index in [1.165, 1.54) is 16.0 Å². The quantitative estimate of drug-likeness (QED) is 0.921. The Balaban J connectivity index is 1.97. The largest absolute Gasteiger partial charge is 0.305 e. The van der Waals surface area contributed by atoms with E-state index in [9.17, 15) is 0 Å². The first-order chi connectivity index (χ1) is 8.16. The van der Waals surface area contributed by atoms with Crippen LogP contribution in [0, 0.1) is 6.92 Å². The predicted molar refractivity (Wildman–Crippen MR) is 76.2 cm³/mol. The molecular weight excluding hydrogens is 296 g/mol. The lowest BCUT2D eigenvalue weighted by molar-refractivity contribution is 0.580. The molecule has 2 rings (SSSR count). The molecule has 0 saturated heterocycles. The van der Waals surface area contributed by atoms with E-state index >= 15 is 0 Å². The Kier molecular flexibility index (Phi) is 4.31. The molecule has 0 fully saturated rings. The average Bonchev–Trinajstić information content (AvgIpc) is 2.74. The van der Waals surface area contributed by atoms with Crippen LogP contribution < -0.4 is 5.32 Å². The van der Waals surface area contributed by atoms with Gasteiger partial charge in [-0.15, -0.1) is 11.3 Å². The van der Waals surface area contributed by atoms with Crippen LogP contribution in [0.15, 0.2) is 34.4 Å². The van der Waals surface area contributed by atoms with Crippen LogP contribution in [0.3, 0.4) is 0 Å². The van der Waals surface area contributed by atoms with E-state index in [0.717, 1.165) is 11.0 Å². The molecule has 0 aliphatic rings. The standard InChI is InChI=1S/C13H15BrN2S/c1-9-3-4-15-6-11(9)7-16-10(2)13-5-12(14)8-17-13/h3-6,8,10,16H,7H2,1-2H3. The summed E-state index contributed by atoms with van der Waals surface area (Å²) in [7, 11) is 0. The molecule has 0 saturated carbocycles. The third kappa shape index (κ3) is 3.37. The van der Waals surface area contributed by atoms with Crippen LogP contribution in [-0.2, 0) is 6.54 Å². The van der Waals surface area contributed by atoms with Crippen LogP contribution in [0.1, 0.15) is 29.0 Å². The second-order valence-electron chi connectivity index (χ2n) is 4.07. The molecule has 1 atom stereocenters.